The van der Waals surface area contributed by atoms with Crippen molar-refractivity contribution < 1.29 is 9.90 Å². The van der Waals surface area contributed by atoms with Crippen LogP contribution in [0.25, 0.3) is 0 Å². The van der Waals surface area contributed by atoms with E-state index in [0.717, 1.165) is 43.7 Å². The average Bonchev–Trinajstić information content (AvgIpc) is 2.73. The molecule has 1 aromatic heterocycles. The van der Waals surface area contributed by atoms with Crippen molar-refractivity contribution in [2.75, 3.05) is 35.6 Å². The van der Waals surface area contributed by atoms with Gasteiger partial charge in [0.1, 0.15) is 12.4 Å². The van der Waals surface area contributed by atoms with Gasteiger partial charge in [-0.15, -0.1) is 12.4 Å². The Bertz CT molecular complexity index is 948. The summed E-state index contributed by atoms with van der Waals surface area (Å²) in [5.74, 6) is 0.851. The Morgan fingerprint density at radius 1 is 1.35 bits per heavy atom. The molecule has 3 rings (SSSR count). The van der Waals surface area contributed by atoms with Gasteiger partial charge in [0, 0.05) is 42.3 Å². The van der Waals surface area contributed by atoms with Crippen LogP contribution in [0.5, 0.6) is 0 Å². The van der Waals surface area contributed by atoms with E-state index in [1.165, 1.54) is 0 Å². The zero-order valence-corrected chi connectivity index (χ0v) is 18.3. The quantitative estimate of drug-likeness (QED) is 0.475. The predicted molar refractivity (Wildman–Crippen MR) is 123 cm³/mol. The topological polar surface area (TPSA) is 140 Å². The monoisotopic (exact) mass is 445 g/mol. The summed E-state index contributed by atoms with van der Waals surface area (Å²) in [6.07, 6.45) is 3.53. The standard InChI is InChI=1S/C21H27N7O2.ClH/c1-2-4-16-10-19(28-6-3-5-17(12-28)24-20(30)13-29)27-21(25-16)26-18-8-14(11-22)7-15(23)9-18;/h7-10,17,29H,2-6,12-13,23H2,1H3,(H,24,30)(H,25,26,27);1H. The van der Waals surface area contributed by atoms with E-state index in [9.17, 15) is 4.79 Å². The molecule has 1 atom stereocenters. The summed E-state index contributed by atoms with van der Waals surface area (Å²) in [4.78, 5) is 22.9. The molecule has 0 bridgehead atoms. The highest BCUT2D eigenvalue weighted by molar-refractivity contribution is 5.85. The van der Waals surface area contributed by atoms with Gasteiger partial charge in [0.05, 0.1) is 11.6 Å². The number of hydrogen-bond acceptors (Lipinski definition) is 8. The average molecular weight is 446 g/mol. The minimum Gasteiger partial charge on any atom is -0.399 e. The summed E-state index contributed by atoms with van der Waals surface area (Å²) >= 11 is 0. The molecular weight excluding hydrogens is 418 g/mol. The Morgan fingerprint density at radius 2 is 2.16 bits per heavy atom. The molecule has 0 spiro atoms. The number of aromatic nitrogens is 2. The van der Waals surface area contributed by atoms with Crippen molar-refractivity contribution in [2.24, 2.45) is 0 Å². The molecule has 166 valence electrons. The van der Waals surface area contributed by atoms with Crippen LogP contribution in [0.3, 0.4) is 0 Å². The van der Waals surface area contributed by atoms with Crippen LogP contribution in [0.15, 0.2) is 24.3 Å². The van der Waals surface area contributed by atoms with Gasteiger partial charge < -0.3 is 26.4 Å². The normalized spacial score (nSPS) is 15.5. The predicted octanol–water partition coefficient (Wildman–Crippen LogP) is 2.13. The summed E-state index contributed by atoms with van der Waals surface area (Å²) in [5, 5.41) is 24.2. The summed E-state index contributed by atoms with van der Waals surface area (Å²) < 4.78 is 0. The molecule has 1 aliphatic rings. The minimum atomic E-state index is -0.510. The Labute approximate surface area is 188 Å². The number of nitrogens with two attached hydrogens (primary N) is 1. The number of benzene rings is 1. The fourth-order valence-electron chi connectivity index (χ4n) is 3.58. The van der Waals surface area contributed by atoms with Gasteiger partial charge >= 0.3 is 0 Å². The molecule has 0 radical (unpaired) electrons. The molecule has 1 saturated heterocycles. The molecule has 1 fully saturated rings. The molecule has 5 N–H and O–H groups in total. The lowest BCUT2D eigenvalue weighted by atomic mass is 10.1. The van der Waals surface area contributed by atoms with E-state index in [4.69, 9.17) is 16.1 Å². The van der Waals surface area contributed by atoms with E-state index in [1.807, 2.05) is 6.07 Å². The first kappa shape index (κ1) is 24.2. The summed E-state index contributed by atoms with van der Waals surface area (Å²) in [6, 6.07) is 9.08. The first-order chi connectivity index (χ1) is 14.5. The molecule has 0 saturated carbocycles. The van der Waals surface area contributed by atoms with E-state index in [0.29, 0.717) is 29.4 Å². The fourth-order valence-corrected chi connectivity index (χ4v) is 3.58. The number of halogens is 1. The van der Waals surface area contributed by atoms with Crippen LogP contribution < -0.4 is 21.3 Å². The van der Waals surface area contributed by atoms with Crippen LogP contribution in [0.4, 0.5) is 23.1 Å². The van der Waals surface area contributed by atoms with Gasteiger partial charge in [-0.25, -0.2) is 4.98 Å². The molecule has 2 heterocycles. The molecule has 9 nitrogen and oxygen atoms in total. The Balaban J connectivity index is 0.00000341. The largest absolute Gasteiger partial charge is 0.399 e. The maximum Gasteiger partial charge on any atom is 0.245 e. The zero-order valence-electron chi connectivity index (χ0n) is 17.5. The third-order valence-corrected chi connectivity index (χ3v) is 4.87. The lowest BCUT2D eigenvalue weighted by Gasteiger charge is -2.34. The van der Waals surface area contributed by atoms with Crippen molar-refractivity contribution in [1.29, 1.82) is 5.26 Å². The lowest BCUT2D eigenvalue weighted by Crippen LogP contribution is -2.48. The number of aliphatic hydroxyl groups excluding tert-OH is 1. The number of hydrogen-bond donors (Lipinski definition) is 4. The number of carbonyl (C=O) groups excluding carboxylic acids is 1. The third-order valence-electron chi connectivity index (χ3n) is 4.87. The maximum absolute atomic E-state index is 11.6. The van der Waals surface area contributed by atoms with Crippen molar-refractivity contribution in [3.05, 3.63) is 35.5 Å². The van der Waals surface area contributed by atoms with Gasteiger partial charge in [0.25, 0.3) is 0 Å². The van der Waals surface area contributed by atoms with Crippen LogP contribution in [-0.2, 0) is 11.2 Å². The molecule has 0 aliphatic carbocycles. The highest BCUT2D eigenvalue weighted by atomic mass is 35.5. The van der Waals surface area contributed by atoms with Crippen molar-refractivity contribution in [3.8, 4) is 6.07 Å². The number of nitrogens with one attached hydrogen (secondary N) is 2. The number of nitrogens with zero attached hydrogens (tertiary/aromatic N) is 4. The van der Waals surface area contributed by atoms with Gasteiger partial charge in [-0.05, 0) is 37.5 Å². The molecule has 10 heteroatoms. The SMILES string of the molecule is CCCc1cc(N2CCCC(NC(=O)CO)C2)nc(Nc2cc(N)cc(C#N)c2)n1.Cl. The van der Waals surface area contributed by atoms with E-state index in [-0.39, 0.29) is 24.4 Å². The van der Waals surface area contributed by atoms with Gasteiger partial charge in [0.2, 0.25) is 11.9 Å². The highest BCUT2D eigenvalue weighted by Crippen LogP contribution is 2.24. The maximum atomic E-state index is 11.6. The van der Waals surface area contributed by atoms with E-state index in [2.05, 4.69) is 38.5 Å². The number of aliphatic hydroxyl groups is 1. The molecular formula is C21H28ClN7O2. The number of piperidine rings is 1. The second-order valence-electron chi connectivity index (χ2n) is 7.38. The first-order valence-electron chi connectivity index (χ1n) is 10.1. The Hall–Kier alpha value is -3.09. The molecule has 1 unspecified atom stereocenters. The van der Waals surface area contributed by atoms with E-state index >= 15 is 0 Å². The Kier molecular flexibility index (Phi) is 8.85. The fraction of sp³-hybridized carbons (Fsp3) is 0.429. The van der Waals surface area contributed by atoms with Gasteiger partial charge in [-0.3, -0.25) is 4.79 Å². The number of anilines is 4. The van der Waals surface area contributed by atoms with E-state index in [1.54, 1.807) is 18.2 Å². The molecule has 2 aromatic rings. The smallest absolute Gasteiger partial charge is 0.245 e. The second-order valence-corrected chi connectivity index (χ2v) is 7.38. The molecule has 1 amide bonds. The second kappa shape index (κ2) is 11.3. The van der Waals surface area contributed by atoms with Crippen molar-refractivity contribution >= 4 is 41.5 Å². The summed E-state index contributed by atoms with van der Waals surface area (Å²) in [5.41, 5.74) is 8.40. The van der Waals surface area contributed by atoms with Gasteiger partial charge in [-0.1, -0.05) is 13.3 Å². The number of aryl methyl sites for hydroxylation is 1. The zero-order chi connectivity index (χ0) is 21.5. The van der Waals surface area contributed by atoms with Crippen molar-refractivity contribution in [3.63, 3.8) is 0 Å². The lowest BCUT2D eigenvalue weighted by molar-refractivity contribution is -0.124. The number of rotatable bonds is 7. The summed E-state index contributed by atoms with van der Waals surface area (Å²) in [6.45, 7) is 3.02. The first-order valence-corrected chi connectivity index (χ1v) is 10.1. The van der Waals surface area contributed by atoms with Gasteiger partial charge in [0.15, 0.2) is 0 Å². The van der Waals surface area contributed by atoms with Gasteiger partial charge in [-0.2, -0.15) is 10.2 Å². The van der Waals surface area contributed by atoms with Crippen molar-refractivity contribution in [1.82, 2.24) is 15.3 Å². The third kappa shape index (κ3) is 6.70. The molecule has 1 aromatic carbocycles. The van der Waals surface area contributed by atoms with Crippen LogP contribution in [0.2, 0.25) is 0 Å². The van der Waals surface area contributed by atoms with Crippen molar-refractivity contribution in [2.45, 2.75) is 38.6 Å². The van der Waals surface area contributed by atoms with Crippen LogP contribution in [0.1, 0.15) is 37.4 Å². The van der Waals surface area contributed by atoms with E-state index < -0.39 is 6.61 Å². The Morgan fingerprint density at radius 3 is 2.87 bits per heavy atom. The number of amides is 1. The van der Waals surface area contributed by atoms with Crippen LogP contribution >= 0.6 is 12.4 Å². The minimum absolute atomic E-state index is 0. The number of nitrogen functional groups attached to an aromatic ring is 1. The van der Waals surface area contributed by atoms with Crippen LogP contribution in [0, 0.1) is 11.3 Å². The highest BCUT2D eigenvalue weighted by Gasteiger charge is 2.23. The number of carbonyl (C=O) groups is 1. The number of nitriles is 1. The van der Waals surface area contributed by atoms with Crippen LogP contribution in [-0.4, -0.2) is 46.7 Å². The summed E-state index contributed by atoms with van der Waals surface area (Å²) in [7, 11) is 0. The molecule has 31 heavy (non-hydrogen) atoms. The molecule has 1 aliphatic heterocycles.